The van der Waals surface area contributed by atoms with Crippen LogP contribution in [0.4, 0.5) is 0 Å². The largest absolute Gasteiger partial charge is 0.492 e. The van der Waals surface area contributed by atoms with Gasteiger partial charge < -0.3 is 4.74 Å². The highest BCUT2D eigenvalue weighted by molar-refractivity contribution is 6.18. The van der Waals surface area contributed by atoms with Crippen molar-refractivity contribution < 1.29 is 4.74 Å². The van der Waals surface area contributed by atoms with E-state index in [9.17, 15) is 0 Å². The van der Waals surface area contributed by atoms with Crippen molar-refractivity contribution >= 4 is 11.6 Å². The summed E-state index contributed by atoms with van der Waals surface area (Å²) in [5.74, 6) is 1.47. The van der Waals surface area contributed by atoms with E-state index in [2.05, 4.69) is 59.7 Å². The third kappa shape index (κ3) is 3.91. The fourth-order valence-electron chi connectivity index (χ4n) is 1.86. The van der Waals surface area contributed by atoms with Crippen LogP contribution in [0.1, 0.15) is 52.7 Å². The fourth-order valence-corrected chi connectivity index (χ4v) is 1.93. The molecule has 0 amide bonds. The Morgan fingerprint density at radius 2 is 1.61 bits per heavy atom. The van der Waals surface area contributed by atoms with Crippen LogP contribution >= 0.6 is 11.6 Å². The Balaban J connectivity index is 3.21. The first-order valence-electron chi connectivity index (χ1n) is 6.50. The molecule has 1 aromatic carbocycles. The van der Waals surface area contributed by atoms with Crippen LogP contribution in [0, 0.1) is 0 Å². The second-order valence-electron chi connectivity index (χ2n) is 6.75. The van der Waals surface area contributed by atoms with Gasteiger partial charge in [-0.2, -0.15) is 0 Å². The zero-order chi connectivity index (χ0) is 14.0. The maximum Gasteiger partial charge on any atom is 0.123 e. The summed E-state index contributed by atoms with van der Waals surface area (Å²) >= 11 is 5.70. The zero-order valence-corrected chi connectivity index (χ0v) is 13.2. The van der Waals surface area contributed by atoms with Gasteiger partial charge in [0, 0.05) is 0 Å². The van der Waals surface area contributed by atoms with Gasteiger partial charge in [-0.05, 0) is 28.0 Å². The van der Waals surface area contributed by atoms with Crippen LogP contribution in [0.5, 0.6) is 5.75 Å². The molecule has 0 bridgehead atoms. The first kappa shape index (κ1) is 15.4. The molecule has 0 aliphatic rings. The lowest BCUT2D eigenvalue weighted by molar-refractivity contribution is 0.331. The van der Waals surface area contributed by atoms with Crippen LogP contribution in [-0.2, 0) is 10.8 Å². The van der Waals surface area contributed by atoms with E-state index in [1.165, 1.54) is 11.1 Å². The number of rotatable bonds is 3. The molecule has 1 rings (SSSR count). The molecule has 102 valence electrons. The van der Waals surface area contributed by atoms with Gasteiger partial charge in [0.2, 0.25) is 0 Å². The van der Waals surface area contributed by atoms with E-state index >= 15 is 0 Å². The summed E-state index contributed by atoms with van der Waals surface area (Å²) in [5.41, 5.74) is 2.82. The lowest BCUT2D eigenvalue weighted by atomic mass is 9.80. The summed E-state index contributed by atoms with van der Waals surface area (Å²) in [5, 5.41) is 0. The number of hydrogen-bond donors (Lipinski definition) is 0. The molecule has 0 saturated heterocycles. The van der Waals surface area contributed by atoms with Gasteiger partial charge in [0.25, 0.3) is 0 Å². The normalized spacial score (nSPS) is 12.6. The highest BCUT2D eigenvalue weighted by Crippen LogP contribution is 2.35. The van der Waals surface area contributed by atoms with Crippen molar-refractivity contribution in [3.05, 3.63) is 29.3 Å². The molecule has 0 N–H and O–H groups in total. The van der Waals surface area contributed by atoms with E-state index in [4.69, 9.17) is 16.3 Å². The van der Waals surface area contributed by atoms with E-state index in [0.717, 1.165) is 5.75 Å². The maximum absolute atomic E-state index is 5.75. The number of hydrogen-bond acceptors (Lipinski definition) is 1. The van der Waals surface area contributed by atoms with Crippen LogP contribution in [0.3, 0.4) is 0 Å². The molecule has 0 spiro atoms. The summed E-state index contributed by atoms with van der Waals surface area (Å²) in [6.45, 7) is 13.9. The van der Waals surface area contributed by atoms with Crippen LogP contribution in [0.2, 0.25) is 0 Å². The molecule has 0 atom stereocenters. The quantitative estimate of drug-likeness (QED) is 0.709. The second kappa shape index (κ2) is 5.52. The van der Waals surface area contributed by atoms with Crippen LogP contribution < -0.4 is 4.74 Å². The molecular formula is C16H25ClO. The monoisotopic (exact) mass is 268 g/mol. The third-order valence-corrected chi connectivity index (χ3v) is 3.14. The van der Waals surface area contributed by atoms with Gasteiger partial charge in [0.05, 0.1) is 5.88 Å². The lowest BCUT2D eigenvalue weighted by Gasteiger charge is -2.27. The summed E-state index contributed by atoms with van der Waals surface area (Å²) in [7, 11) is 0. The molecule has 1 aromatic rings. The highest BCUT2D eigenvalue weighted by atomic mass is 35.5. The molecule has 0 radical (unpaired) electrons. The van der Waals surface area contributed by atoms with Gasteiger partial charge in [-0.1, -0.05) is 53.7 Å². The molecule has 0 aromatic heterocycles. The first-order chi connectivity index (χ1) is 8.16. The van der Waals surface area contributed by atoms with Gasteiger partial charge in [-0.15, -0.1) is 11.6 Å². The smallest absolute Gasteiger partial charge is 0.123 e. The second-order valence-corrected chi connectivity index (χ2v) is 7.13. The summed E-state index contributed by atoms with van der Waals surface area (Å²) in [4.78, 5) is 0. The SMILES string of the molecule is CC(C)(C)c1ccc(OCCCl)c(C(C)(C)C)c1. The van der Waals surface area contributed by atoms with Gasteiger partial charge in [0.1, 0.15) is 12.4 Å². The molecule has 2 heteroatoms. The molecule has 0 aliphatic carbocycles. The van der Waals surface area contributed by atoms with Crippen molar-refractivity contribution in [1.29, 1.82) is 0 Å². The zero-order valence-electron chi connectivity index (χ0n) is 12.4. The summed E-state index contributed by atoms with van der Waals surface area (Å²) in [6, 6.07) is 6.50. The van der Waals surface area contributed by atoms with Gasteiger partial charge >= 0.3 is 0 Å². The average molecular weight is 269 g/mol. The Bertz CT molecular complexity index is 397. The molecule has 0 unspecified atom stereocenters. The van der Waals surface area contributed by atoms with Gasteiger partial charge in [-0.25, -0.2) is 0 Å². The Hall–Kier alpha value is -0.690. The van der Waals surface area contributed by atoms with E-state index in [-0.39, 0.29) is 10.8 Å². The molecule has 1 nitrogen and oxygen atoms in total. The average Bonchev–Trinajstić information content (AvgIpc) is 2.23. The predicted molar refractivity (Wildman–Crippen MR) is 80.1 cm³/mol. The molecule has 0 heterocycles. The number of alkyl halides is 1. The molecule has 0 saturated carbocycles. The van der Waals surface area contributed by atoms with Crippen molar-refractivity contribution in [3.63, 3.8) is 0 Å². The van der Waals surface area contributed by atoms with Gasteiger partial charge in [-0.3, -0.25) is 0 Å². The number of benzene rings is 1. The van der Waals surface area contributed by atoms with Crippen molar-refractivity contribution in [3.8, 4) is 5.75 Å². The van der Waals surface area contributed by atoms with E-state index in [1.54, 1.807) is 0 Å². The van der Waals surface area contributed by atoms with Crippen molar-refractivity contribution in [2.45, 2.75) is 52.4 Å². The third-order valence-electron chi connectivity index (χ3n) is 2.99. The minimum atomic E-state index is 0.0723. The number of ether oxygens (including phenoxy) is 1. The van der Waals surface area contributed by atoms with E-state index in [1.807, 2.05) is 0 Å². The Morgan fingerprint density at radius 3 is 2.06 bits per heavy atom. The molecule has 18 heavy (non-hydrogen) atoms. The predicted octanol–water partition coefficient (Wildman–Crippen LogP) is 4.90. The van der Waals surface area contributed by atoms with Crippen molar-refractivity contribution in [2.75, 3.05) is 12.5 Å². The maximum atomic E-state index is 5.75. The Labute approximate surface area is 116 Å². The van der Waals surface area contributed by atoms with Crippen LogP contribution in [0.25, 0.3) is 0 Å². The molecule has 0 fully saturated rings. The van der Waals surface area contributed by atoms with Crippen LogP contribution in [-0.4, -0.2) is 12.5 Å². The van der Waals surface area contributed by atoms with Crippen molar-refractivity contribution in [2.24, 2.45) is 0 Å². The van der Waals surface area contributed by atoms with E-state index in [0.29, 0.717) is 12.5 Å². The van der Waals surface area contributed by atoms with E-state index < -0.39 is 0 Å². The fraction of sp³-hybridized carbons (Fsp3) is 0.625. The first-order valence-corrected chi connectivity index (χ1v) is 7.03. The topological polar surface area (TPSA) is 9.23 Å². The van der Waals surface area contributed by atoms with Crippen LogP contribution in [0.15, 0.2) is 18.2 Å². The Morgan fingerprint density at radius 1 is 1.00 bits per heavy atom. The summed E-state index contributed by atoms with van der Waals surface area (Å²) in [6.07, 6.45) is 0. The van der Waals surface area contributed by atoms with Crippen molar-refractivity contribution in [1.82, 2.24) is 0 Å². The van der Waals surface area contributed by atoms with Gasteiger partial charge in [0.15, 0.2) is 0 Å². The standard InChI is InChI=1S/C16H25ClO/c1-15(2,3)12-7-8-14(18-10-9-17)13(11-12)16(4,5)6/h7-8,11H,9-10H2,1-6H3. The molecule has 0 aliphatic heterocycles. The minimum Gasteiger partial charge on any atom is -0.492 e. The highest BCUT2D eigenvalue weighted by Gasteiger charge is 2.22. The minimum absolute atomic E-state index is 0.0723. The number of halogens is 1. The lowest BCUT2D eigenvalue weighted by Crippen LogP contribution is -2.18. The molecular weight excluding hydrogens is 244 g/mol. The Kier molecular flexibility index (Phi) is 4.72. The summed E-state index contributed by atoms with van der Waals surface area (Å²) < 4.78 is 5.75.